The Labute approximate surface area is 147 Å². The minimum atomic E-state index is 0.461. The lowest BCUT2D eigenvalue weighted by Gasteiger charge is -2.32. The van der Waals surface area contributed by atoms with Crippen LogP contribution >= 0.6 is 0 Å². The van der Waals surface area contributed by atoms with Crippen molar-refractivity contribution in [3.63, 3.8) is 0 Å². The summed E-state index contributed by atoms with van der Waals surface area (Å²) >= 11 is 0. The molecule has 7 nitrogen and oxygen atoms in total. The minimum absolute atomic E-state index is 0.461. The molecule has 0 aliphatic carbocycles. The van der Waals surface area contributed by atoms with Gasteiger partial charge in [-0.15, -0.1) is 0 Å². The molecule has 1 fully saturated rings. The molecule has 0 radical (unpaired) electrons. The molecule has 1 aliphatic heterocycles. The molecule has 130 valence electrons. The Morgan fingerprint density at radius 1 is 1.20 bits per heavy atom. The topological polar surface area (TPSA) is 73.8 Å². The molecular formula is C18H23N7. The molecular weight excluding hydrogens is 314 g/mol. The number of aromatic nitrogens is 5. The number of aromatic amines is 1. The fourth-order valence-electron chi connectivity index (χ4n) is 3.43. The number of hydrogen-bond acceptors (Lipinski definition) is 6. The summed E-state index contributed by atoms with van der Waals surface area (Å²) < 4.78 is 0. The van der Waals surface area contributed by atoms with Gasteiger partial charge in [-0.1, -0.05) is 0 Å². The summed E-state index contributed by atoms with van der Waals surface area (Å²) in [6.45, 7) is 3.01. The van der Waals surface area contributed by atoms with Gasteiger partial charge < -0.3 is 4.90 Å². The highest BCUT2D eigenvalue weighted by molar-refractivity contribution is 5.73. The minimum Gasteiger partial charge on any atom is -0.347 e. The van der Waals surface area contributed by atoms with Gasteiger partial charge in [-0.25, -0.2) is 15.0 Å². The van der Waals surface area contributed by atoms with Crippen LogP contribution < -0.4 is 4.90 Å². The van der Waals surface area contributed by atoms with Crippen molar-refractivity contribution in [1.29, 1.82) is 0 Å². The van der Waals surface area contributed by atoms with E-state index in [2.05, 4.69) is 37.2 Å². The van der Waals surface area contributed by atoms with Crippen LogP contribution in [-0.4, -0.2) is 57.2 Å². The summed E-state index contributed by atoms with van der Waals surface area (Å²) in [5.74, 6) is 1.21. The van der Waals surface area contributed by atoms with E-state index in [9.17, 15) is 0 Å². The molecule has 0 unspecified atom stereocenters. The average Bonchev–Trinajstić information content (AvgIpc) is 3.10. The van der Waals surface area contributed by atoms with Crippen molar-refractivity contribution < 1.29 is 0 Å². The second-order valence-corrected chi connectivity index (χ2v) is 6.90. The van der Waals surface area contributed by atoms with Crippen molar-refractivity contribution >= 4 is 17.0 Å². The van der Waals surface area contributed by atoms with Gasteiger partial charge in [0.05, 0.1) is 6.20 Å². The zero-order valence-corrected chi connectivity index (χ0v) is 14.7. The highest BCUT2D eigenvalue weighted by atomic mass is 15.2. The van der Waals surface area contributed by atoms with Gasteiger partial charge in [-0.2, -0.15) is 5.10 Å². The molecule has 1 aliphatic rings. The van der Waals surface area contributed by atoms with Gasteiger partial charge in [0.15, 0.2) is 5.65 Å². The summed E-state index contributed by atoms with van der Waals surface area (Å²) in [4.78, 5) is 18.0. The molecule has 0 amide bonds. The molecule has 1 saturated heterocycles. The Morgan fingerprint density at radius 3 is 2.84 bits per heavy atom. The van der Waals surface area contributed by atoms with Crippen LogP contribution in [0.25, 0.3) is 11.0 Å². The molecule has 25 heavy (non-hydrogen) atoms. The highest BCUT2D eigenvalue weighted by Gasteiger charge is 2.23. The van der Waals surface area contributed by atoms with E-state index in [0.29, 0.717) is 5.92 Å². The molecule has 4 heterocycles. The predicted octanol–water partition coefficient (Wildman–Crippen LogP) is 2.19. The van der Waals surface area contributed by atoms with Crippen LogP contribution in [0.4, 0.5) is 5.95 Å². The van der Waals surface area contributed by atoms with E-state index in [1.54, 1.807) is 0 Å². The second kappa shape index (κ2) is 6.76. The smallest absolute Gasteiger partial charge is 0.224 e. The van der Waals surface area contributed by atoms with Gasteiger partial charge >= 0.3 is 0 Å². The van der Waals surface area contributed by atoms with Gasteiger partial charge in [-0.3, -0.25) is 10.00 Å². The van der Waals surface area contributed by atoms with Gasteiger partial charge in [0.25, 0.3) is 0 Å². The van der Waals surface area contributed by atoms with E-state index >= 15 is 0 Å². The summed E-state index contributed by atoms with van der Waals surface area (Å²) in [6.07, 6.45) is 8.04. The molecule has 1 N–H and O–H groups in total. The number of rotatable bonds is 4. The maximum atomic E-state index is 4.76. The third kappa shape index (κ3) is 3.46. The van der Waals surface area contributed by atoms with Crippen LogP contribution in [0.2, 0.25) is 0 Å². The van der Waals surface area contributed by atoms with Gasteiger partial charge in [-0.05, 0) is 31.5 Å². The second-order valence-electron chi connectivity index (χ2n) is 6.90. The monoisotopic (exact) mass is 337 g/mol. The van der Waals surface area contributed by atoms with E-state index in [-0.39, 0.29) is 0 Å². The lowest BCUT2D eigenvalue weighted by atomic mass is 9.94. The van der Waals surface area contributed by atoms with Crippen LogP contribution in [-0.2, 0) is 6.54 Å². The van der Waals surface area contributed by atoms with Crippen molar-refractivity contribution in [1.82, 2.24) is 30.0 Å². The predicted molar refractivity (Wildman–Crippen MR) is 97.5 cm³/mol. The Hall–Kier alpha value is -2.54. The molecule has 0 aromatic carbocycles. The van der Waals surface area contributed by atoms with Crippen LogP contribution in [0.5, 0.6) is 0 Å². The number of anilines is 1. The maximum Gasteiger partial charge on any atom is 0.224 e. The molecule has 3 aromatic heterocycles. The number of nitrogens with zero attached hydrogens (tertiary/aromatic N) is 6. The van der Waals surface area contributed by atoms with E-state index in [0.717, 1.165) is 47.9 Å². The zero-order chi connectivity index (χ0) is 17.2. The first-order chi connectivity index (χ1) is 12.2. The first-order valence-electron chi connectivity index (χ1n) is 8.69. The Morgan fingerprint density at radius 2 is 2.04 bits per heavy atom. The van der Waals surface area contributed by atoms with Gasteiger partial charge in [0.1, 0.15) is 0 Å². The average molecular weight is 337 g/mol. The Balaban J connectivity index is 1.45. The largest absolute Gasteiger partial charge is 0.347 e. The number of H-pyrrole nitrogens is 1. The standard InChI is InChI=1S/C18H23N7/c1-24(2)18-19-8-13(9-20-18)11-25-7-3-4-15(12-25)16-6-5-14-10-21-23-17(14)22-16/h5-6,8-10,15H,3-4,7,11-12H2,1-2H3,(H,21,22,23)/t15-/m1/s1. The summed E-state index contributed by atoms with van der Waals surface area (Å²) in [5, 5.41) is 8.10. The number of nitrogens with one attached hydrogen (secondary N) is 1. The number of likely N-dealkylation sites (tertiary alicyclic amines) is 1. The Bertz CT molecular complexity index is 840. The molecule has 0 saturated carbocycles. The first kappa shape index (κ1) is 16.0. The van der Waals surface area contributed by atoms with Gasteiger partial charge in [0.2, 0.25) is 5.95 Å². The lowest BCUT2D eigenvalue weighted by Crippen LogP contribution is -2.34. The fourth-order valence-corrected chi connectivity index (χ4v) is 3.43. The van der Waals surface area contributed by atoms with Crippen molar-refractivity contribution in [2.24, 2.45) is 0 Å². The molecule has 0 bridgehead atoms. The molecule has 7 heteroatoms. The maximum absolute atomic E-state index is 4.76. The third-order valence-electron chi connectivity index (χ3n) is 4.74. The summed E-state index contributed by atoms with van der Waals surface area (Å²) in [5.41, 5.74) is 3.19. The number of hydrogen-bond donors (Lipinski definition) is 1. The van der Waals surface area contributed by atoms with E-state index < -0.39 is 0 Å². The van der Waals surface area contributed by atoms with E-state index in [1.165, 1.54) is 12.8 Å². The fraction of sp³-hybridized carbons (Fsp3) is 0.444. The van der Waals surface area contributed by atoms with Crippen LogP contribution in [0.15, 0.2) is 30.7 Å². The van der Waals surface area contributed by atoms with E-state index in [4.69, 9.17) is 4.98 Å². The van der Waals surface area contributed by atoms with Crippen molar-refractivity contribution in [3.8, 4) is 0 Å². The van der Waals surface area contributed by atoms with Crippen LogP contribution in [0.3, 0.4) is 0 Å². The number of piperidine rings is 1. The molecule has 3 aromatic rings. The lowest BCUT2D eigenvalue weighted by molar-refractivity contribution is 0.198. The SMILES string of the molecule is CN(C)c1ncc(CN2CCC[C@@H](c3ccc4cn[nH]c4n3)C2)cn1. The molecule has 0 spiro atoms. The van der Waals surface area contributed by atoms with Crippen LogP contribution in [0.1, 0.15) is 30.0 Å². The normalized spacial score (nSPS) is 18.6. The molecule has 4 rings (SSSR count). The van der Waals surface area contributed by atoms with Crippen molar-refractivity contribution in [2.75, 3.05) is 32.1 Å². The zero-order valence-electron chi connectivity index (χ0n) is 14.7. The summed E-state index contributed by atoms with van der Waals surface area (Å²) in [6, 6.07) is 4.24. The van der Waals surface area contributed by atoms with Crippen LogP contribution in [0, 0.1) is 0 Å². The Kier molecular flexibility index (Phi) is 4.31. The van der Waals surface area contributed by atoms with Gasteiger partial charge in [0, 0.05) is 62.1 Å². The van der Waals surface area contributed by atoms with E-state index in [1.807, 2.05) is 37.6 Å². The molecule has 1 atom stereocenters. The number of pyridine rings is 1. The first-order valence-corrected chi connectivity index (χ1v) is 8.69. The summed E-state index contributed by atoms with van der Waals surface area (Å²) in [7, 11) is 3.90. The quantitative estimate of drug-likeness (QED) is 0.787. The van der Waals surface area contributed by atoms with Crippen molar-refractivity contribution in [2.45, 2.75) is 25.3 Å². The third-order valence-corrected chi connectivity index (χ3v) is 4.74. The highest BCUT2D eigenvalue weighted by Crippen LogP contribution is 2.27. The number of fused-ring (bicyclic) bond motifs is 1. The van der Waals surface area contributed by atoms with Crippen molar-refractivity contribution in [3.05, 3.63) is 42.0 Å².